The molecule has 0 aliphatic rings. The molecule has 7 heteroatoms. The van der Waals surface area contributed by atoms with Gasteiger partial charge in [0.05, 0.1) is 6.61 Å². The van der Waals surface area contributed by atoms with Crippen LogP contribution in [0.2, 0.25) is 0 Å². The van der Waals surface area contributed by atoms with Crippen LogP contribution in [0.25, 0.3) is 0 Å². The topological polar surface area (TPSA) is 62.3 Å². The summed E-state index contributed by atoms with van der Waals surface area (Å²) in [6.07, 6.45) is -6.44. The zero-order chi connectivity index (χ0) is 12.3. The lowest BCUT2D eigenvalue weighted by Gasteiger charge is -2.12. The van der Waals surface area contributed by atoms with Gasteiger partial charge in [0.1, 0.15) is 5.69 Å². The van der Waals surface area contributed by atoms with Crippen molar-refractivity contribution >= 4 is 5.97 Å². The maximum atomic E-state index is 12.1. The minimum Gasteiger partial charge on any atom is -0.461 e. The van der Waals surface area contributed by atoms with Crippen LogP contribution in [0.3, 0.4) is 0 Å². The summed E-state index contributed by atoms with van der Waals surface area (Å²) >= 11 is 0. The van der Waals surface area contributed by atoms with Crippen molar-refractivity contribution in [1.29, 1.82) is 0 Å². The van der Waals surface area contributed by atoms with E-state index >= 15 is 0 Å². The van der Waals surface area contributed by atoms with Crippen molar-refractivity contribution in [3.8, 4) is 0 Å². The highest BCUT2D eigenvalue weighted by atomic mass is 19.4. The number of esters is 1. The second-order valence-electron chi connectivity index (χ2n) is 3.01. The summed E-state index contributed by atoms with van der Waals surface area (Å²) in [7, 11) is 0. The van der Waals surface area contributed by atoms with E-state index in [1.807, 2.05) is 0 Å². The molecule has 0 radical (unpaired) electrons. The summed E-state index contributed by atoms with van der Waals surface area (Å²) < 4.78 is 40.9. The fourth-order valence-electron chi connectivity index (χ4n) is 1.08. The number of halogens is 3. The zero-order valence-electron chi connectivity index (χ0n) is 8.34. The molecule has 1 aromatic heterocycles. The third-order valence-electron chi connectivity index (χ3n) is 1.83. The van der Waals surface area contributed by atoms with Gasteiger partial charge in [-0.1, -0.05) is 0 Å². The fourth-order valence-corrected chi connectivity index (χ4v) is 1.08. The minimum absolute atomic E-state index is 0.120. The lowest BCUT2D eigenvalue weighted by atomic mass is 10.2. The van der Waals surface area contributed by atoms with E-state index in [9.17, 15) is 18.0 Å². The predicted molar refractivity (Wildman–Crippen MR) is 47.8 cm³/mol. The smallest absolute Gasteiger partial charge is 0.418 e. The molecule has 1 heterocycles. The largest absolute Gasteiger partial charge is 0.461 e. The molecule has 0 spiro atoms. The van der Waals surface area contributed by atoms with Gasteiger partial charge < -0.3 is 14.8 Å². The molecule has 0 aromatic carbocycles. The van der Waals surface area contributed by atoms with Crippen molar-refractivity contribution in [3.05, 3.63) is 23.5 Å². The van der Waals surface area contributed by atoms with Crippen molar-refractivity contribution in [3.63, 3.8) is 0 Å². The summed E-state index contributed by atoms with van der Waals surface area (Å²) in [6, 6.07) is 0.913. The van der Waals surface area contributed by atoms with E-state index in [-0.39, 0.29) is 12.3 Å². The third-order valence-corrected chi connectivity index (χ3v) is 1.83. The minimum atomic E-state index is -4.76. The van der Waals surface area contributed by atoms with E-state index in [2.05, 4.69) is 9.72 Å². The highest BCUT2D eigenvalue weighted by Crippen LogP contribution is 2.32. The molecule has 0 saturated carbocycles. The molecule has 0 unspecified atom stereocenters. The van der Waals surface area contributed by atoms with Gasteiger partial charge in [0.15, 0.2) is 6.10 Å². The lowest BCUT2D eigenvalue weighted by Crippen LogP contribution is -2.19. The van der Waals surface area contributed by atoms with Gasteiger partial charge in [-0.25, -0.2) is 4.79 Å². The van der Waals surface area contributed by atoms with E-state index in [4.69, 9.17) is 5.11 Å². The van der Waals surface area contributed by atoms with Crippen molar-refractivity contribution in [2.45, 2.75) is 19.2 Å². The lowest BCUT2D eigenvalue weighted by molar-refractivity contribution is -0.206. The first kappa shape index (κ1) is 12.6. The molecule has 1 atom stereocenters. The summed E-state index contributed by atoms with van der Waals surface area (Å²) in [6.45, 7) is 1.70. The Morgan fingerprint density at radius 1 is 1.62 bits per heavy atom. The number of hydrogen-bond acceptors (Lipinski definition) is 3. The Hall–Kier alpha value is -1.50. The number of carbonyl (C=O) groups is 1. The van der Waals surface area contributed by atoms with Gasteiger partial charge in [-0.3, -0.25) is 0 Å². The van der Waals surface area contributed by atoms with Crippen molar-refractivity contribution < 1.29 is 27.8 Å². The van der Waals surface area contributed by atoms with Crippen molar-refractivity contribution in [2.75, 3.05) is 6.61 Å². The van der Waals surface area contributed by atoms with Crippen molar-refractivity contribution in [1.82, 2.24) is 4.98 Å². The Balaban J connectivity index is 2.83. The molecule has 2 N–H and O–H groups in total. The van der Waals surface area contributed by atoms with E-state index in [1.165, 1.54) is 0 Å². The Kier molecular flexibility index (Phi) is 3.58. The molecule has 90 valence electrons. The number of ether oxygens (including phenoxy) is 1. The molecule has 0 fully saturated rings. The molecular formula is C9H10F3NO3. The molecular weight excluding hydrogens is 227 g/mol. The van der Waals surface area contributed by atoms with Crippen LogP contribution in [0.1, 0.15) is 29.1 Å². The average molecular weight is 237 g/mol. The number of aliphatic hydroxyl groups excluding tert-OH is 1. The van der Waals surface area contributed by atoms with E-state index in [0.29, 0.717) is 0 Å². The van der Waals surface area contributed by atoms with Crippen LogP contribution in [0, 0.1) is 0 Å². The fraction of sp³-hybridized carbons (Fsp3) is 0.444. The number of H-pyrrole nitrogens is 1. The monoisotopic (exact) mass is 237 g/mol. The van der Waals surface area contributed by atoms with E-state index in [1.54, 1.807) is 6.92 Å². The summed E-state index contributed by atoms with van der Waals surface area (Å²) in [4.78, 5) is 13.4. The Morgan fingerprint density at radius 2 is 2.25 bits per heavy atom. The summed E-state index contributed by atoms with van der Waals surface area (Å²) in [5.41, 5.74) is -0.546. The van der Waals surface area contributed by atoms with Crippen molar-refractivity contribution in [2.24, 2.45) is 0 Å². The second kappa shape index (κ2) is 4.56. The molecule has 0 amide bonds. The van der Waals surface area contributed by atoms with Gasteiger partial charge >= 0.3 is 12.1 Å². The Bertz CT molecular complexity index is 372. The number of aromatic amines is 1. The van der Waals surface area contributed by atoms with Gasteiger partial charge in [0.2, 0.25) is 0 Å². The quantitative estimate of drug-likeness (QED) is 0.788. The molecule has 0 aliphatic heterocycles. The van der Waals surface area contributed by atoms with Crippen LogP contribution >= 0.6 is 0 Å². The van der Waals surface area contributed by atoms with Gasteiger partial charge in [-0.2, -0.15) is 13.2 Å². The number of hydrogen-bond donors (Lipinski definition) is 2. The molecule has 0 aliphatic carbocycles. The van der Waals surface area contributed by atoms with Crippen LogP contribution in [0.5, 0.6) is 0 Å². The predicted octanol–water partition coefficient (Wildman–Crippen LogP) is 1.79. The first-order valence-electron chi connectivity index (χ1n) is 4.46. The average Bonchev–Trinajstić information content (AvgIpc) is 2.64. The number of aromatic nitrogens is 1. The standard InChI is InChI=1S/C9H10F3NO3/c1-2-16-8(15)6-3-5(4-13-6)7(14)9(10,11)12/h3-4,7,13-14H,2H2,1H3/t7-/m0/s1. The zero-order valence-corrected chi connectivity index (χ0v) is 8.34. The first-order chi connectivity index (χ1) is 7.36. The molecule has 0 saturated heterocycles. The van der Waals surface area contributed by atoms with Crippen LogP contribution < -0.4 is 0 Å². The highest BCUT2D eigenvalue weighted by molar-refractivity contribution is 5.87. The van der Waals surface area contributed by atoms with Crippen LogP contribution in [-0.4, -0.2) is 28.8 Å². The molecule has 16 heavy (non-hydrogen) atoms. The van der Waals surface area contributed by atoms with Crippen LogP contribution in [0.4, 0.5) is 13.2 Å². The van der Waals surface area contributed by atoms with E-state index in [0.717, 1.165) is 12.3 Å². The first-order valence-corrected chi connectivity index (χ1v) is 4.46. The number of carbonyl (C=O) groups excluding carboxylic acids is 1. The molecule has 0 bridgehead atoms. The number of nitrogens with one attached hydrogen (secondary N) is 1. The Labute approximate surface area is 89.0 Å². The third kappa shape index (κ3) is 2.75. The van der Waals surface area contributed by atoms with Gasteiger partial charge in [0.25, 0.3) is 0 Å². The summed E-state index contributed by atoms with van der Waals surface area (Å²) in [5.74, 6) is -0.761. The second-order valence-corrected chi connectivity index (χ2v) is 3.01. The number of rotatable bonds is 3. The molecule has 4 nitrogen and oxygen atoms in total. The van der Waals surface area contributed by atoms with Gasteiger partial charge in [-0.15, -0.1) is 0 Å². The van der Waals surface area contributed by atoms with Gasteiger partial charge in [-0.05, 0) is 13.0 Å². The van der Waals surface area contributed by atoms with Crippen LogP contribution in [-0.2, 0) is 4.74 Å². The van der Waals surface area contributed by atoms with Gasteiger partial charge in [0, 0.05) is 11.8 Å². The van der Waals surface area contributed by atoms with Crippen LogP contribution in [0.15, 0.2) is 12.3 Å². The molecule has 1 aromatic rings. The highest BCUT2D eigenvalue weighted by Gasteiger charge is 2.40. The maximum Gasteiger partial charge on any atom is 0.418 e. The Morgan fingerprint density at radius 3 is 2.75 bits per heavy atom. The maximum absolute atomic E-state index is 12.1. The van der Waals surface area contributed by atoms with E-state index < -0.39 is 23.8 Å². The SMILES string of the molecule is CCOC(=O)c1cc([C@H](O)C(F)(F)F)c[nH]1. The number of alkyl halides is 3. The summed E-state index contributed by atoms with van der Waals surface area (Å²) in [5, 5.41) is 8.88. The molecule has 1 rings (SSSR count). The normalized spacial score (nSPS) is 13.6. The number of aliphatic hydroxyl groups is 1.